The molecular formula is C11H15ClFNOS. The van der Waals surface area contributed by atoms with E-state index in [0.717, 1.165) is 5.56 Å². The fraction of sp³-hybridized carbons (Fsp3) is 0.455. The Morgan fingerprint density at radius 2 is 2.25 bits per heavy atom. The van der Waals surface area contributed by atoms with E-state index in [9.17, 15) is 8.60 Å². The molecular weight excluding hydrogens is 249 g/mol. The van der Waals surface area contributed by atoms with Gasteiger partial charge in [0.1, 0.15) is 5.82 Å². The Hall–Kier alpha value is -0.450. The molecule has 0 aliphatic heterocycles. The minimum absolute atomic E-state index is 0.0762. The van der Waals surface area contributed by atoms with E-state index < -0.39 is 10.8 Å². The molecule has 0 spiro atoms. The standard InChI is InChI=1S/C11H15ClFNOS/c1-8(16(2)15)6-14-7-9-5-10(13)3-4-11(9)12/h3-5,8,14H,6-7H2,1-2H3. The molecule has 90 valence electrons. The van der Waals surface area contributed by atoms with Crippen LogP contribution in [0.5, 0.6) is 0 Å². The highest BCUT2D eigenvalue weighted by Gasteiger charge is 2.06. The van der Waals surface area contributed by atoms with E-state index in [1.165, 1.54) is 18.2 Å². The van der Waals surface area contributed by atoms with Crippen LogP contribution in [-0.4, -0.2) is 22.3 Å². The molecule has 1 aromatic carbocycles. The molecule has 2 atom stereocenters. The van der Waals surface area contributed by atoms with Crippen LogP contribution in [0.25, 0.3) is 0 Å². The SMILES string of the molecule is CC(CNCc1cc(F)ccc1Cl)S(C)=O. The van der Waals surface area contributed by atoms with Crippen molar-refractivity contribution in [1.82, 2.24) is 5.32 Å². The maximum atomic E-state index is 12.9. The molecule has 0 saturated heterocycles. The Morgan fingerprint density at radius 1 is 1.56 bits per heavy atom. The van der Waals surface area contributed by atoms with Gasteiger partial charge in [0.05, 0.1) is 0 Å². The number of halogens is 2. The van der Waals surface area contributed by atoms with E-state index in [4.69, 9.17) is 11.6 Å². The highest BCUT2D eigenvalue weighted by Crippen LogP contribution is 2.16. The summed E-state index contributed by atoms with van der Waals surface area (Å²) >= 11 is 5.91. The van der Waals surface area contributed by atoms with Gasteiger partial charge in [-0.05, 0) is 30.7 Å². The Morgan fingerprint density at radius 3 is 2.88 bits per heavy atom. The molecule has 1 N–H and O–H groups in total. The average Bonchev–Trinajstić information content (AvgIpc) is 2.22. The van der Waals surface area contributed by atoms with Crippen molar-refractivity contribution >= 4 is 22.4 Å². The summed E-state index contributed by atoms with van der Waals surface area (Å²) < 4.78 is 24.0. The maximum Gasteiger partial charge on any atom is 0.123 e. The normalized spacial score (nSPS) is 14.8. The summed E-state index contributed by atoms with van der Waals surface area (Å²) in [6, 6.07) is 4.27. The summed E-state index contributed by atoms with van der Waals surface area (Å²) in [7, 11) is -0.848. The number of benzene rings is 1. The van der Waals surface area contributed by atoms with Gasteiger partial charge in [0.15, 0.2) is 0 Å². The number of hydrogen-bond acceptors (Lipinski definition) is 2. The van der Waals surface area contributed by atoms with Crippen molar-refractivity contribution in [3.63, 3.8) is 0 Å². The second kappa shape index (κ2) is 6.33. The molecule has 0 amide bonds. The summed E-state index contributed by atoms with van der Waals surface area (Å²) in [6.07, 6.45) is 1.67. The molecule has 0 bridgehead atoms. The monoisotopic (exact) mass is 263 g/mol. The lowest BCUT2D eigenvalue weighted by Gasteiger charge is -2.10. The first-order valence-corrected chi connectivity index (χ1v) is 6.97. The zero-order valence-electron chi connectivity index (χ0n) is 9.30. The van der Waals surface area contributed by atoms with Gasteiger partial charge in [-0.2, -0.15) is 0 Å². The first kappa shape index (κ1) is 13.6. The minimum atomic E-state index is -0.848. The van der Waals surface area contributed by atoms with Gasteiger partial charge in [0.2, 0.25) is 0 Å². The van der Waals surface area contributed by atoms with Gasteiger partial charge >= 0.3 is 0 Å². The van der Waals surface area contributed by atoms with Gasteiger partial charge in [-0.15, -0.1) is 0 Å². The van der Waals surface area contributed by atoms with Crippen LogP contribution in [0.2, 0.25) is 5.02 Å². The molecule has 2 nitrogen and oxygen atoms in total. The van der Waals surface area contributed by atoms with Gasteiger partial charge in [0, 0.05) is 40.4 Å². The van der Waals surface area contributed by atoms with E-state index in [-0.39, 0.29) is 11.1 Å². The summed E-state index contributed by atoms with van der Waals surface area (Å²) in [4.78, 5) is 0. The van der Waals surface area contributed by atoms with Gasteiger partial charge in [-0.3, -0.25) is 4.21 Å². The second-order valence-corrected chi connectivity index (χ2v) is 5.88. The van der Waals surface area contributed by atoms with E-state index in [1.807, 2.05) is 6.92 Å². The topological polar surface area (TPSA) is 29.1 Å². The lowest BCUT2D eigenvalue weighted by atomic mass is 10.2. The lowest BCUT2D eigenvalue weighted by molar-refractivity contribution is 0.617. The summed E-state index contributed by atoms with van der Waals surface area (Å²) in [6.45, 7) is 3.00. The molecule has 2 unspecified atom stereocenters. The van der Waals surface area contributed by atoms with E-state index in [0.29, 0.717) is 18.1 Å². The third-order valence-electron chi connectivity index (χ3n) is 2.32. The van der Waals surface area contributed by atoms with Gasteiger partial charge < -0.3 is 5.32 Å². The predicted octanol–water partition coefficient (Wildman–Crippen LogP) is 2.34. The van der Waals surface area contributed by atoms with Crippen molar-refractivity contribution in [2.45, 2.75) is 18.7 Å². The van der Waals surface area contributed by atoms with Crippen LogP contribution in [0, 0.1) is 5.82 Å². The molecule has 1 aromatic rings. The molecule has 0 radical (unpaired) electrons. The number of rotatable bonds is 5. The highest BCUT2D eigenvalue weighted by atomic mass is 35.5. The third kappa shape index (κ3) is 4.20. The molecule has 0 aliphatic rings. The molecule has 16 heavy (non-hydrogen) atoms. The van der Waals surface area contributed by atoms with Crippen molar-refractivity contribution in [3.05, 3.63) is 34.6 Å². The van der Waals surface area contributed by atoms with Crippen LogP contribution in [0.4, 0.5) is 4.39 Å². The van der Waals surface area contributed by atoms with Crippen LogP contribution in [0.1, 0.15) is 12.5 Å². The summed E-state index contributed by atoms with van der Waals surface area (Å²) in [5.41, 5.74) is 0.718. The highest BCUT2D eigenvalue weighted by molar-refractivity contribution is 7.84. The van der Waals surface area contributed by atoms with Crippen LogP contribution >= 0.6 is 11.6 Å². The van der Waals surface area contributed by atoms with Crippen LogP contribution < -0.4 is 5.32 Å². The summed E-state index contributed by atoms with van der Waals surface area (Å²) in [5, 5.41) is 3.72. The van der Waals surface area contributed by atoms with E-state index in [2.05, 4.69) is 5.32 Å². The lowest BCUT2D eigenvalue weighted by Crippen LogP contribution is -2.27. The van der Waals surface area contributed by atoms with Gasteiger partial charge in [-0.1, -0.05) is 11.6 Å². The van der Waals surface area contributed by atoms with Crippen molar-refractivity contribution in [2.75, 3.05) is 12.8 Å². The predicted molar refractivity (Wildman–Crippen MR) is 66.6 cm³/mol. The second-order valence-electron chi connectivity index (χ2n) is 3.68. The average molecular weight is 264 g/mol. The Kier molecular flexibility index (Phi) is 5.38. The molecule has 0 fully saturated rings. The van der Waals surface area contributed by atoms with E-state index in [1.54, 1.807) is 6.26 Å². The molecule has 0 aliphatic carbocycles. The van der Waals surface area contributed by atoms with Crippen molar-refractivity contribution in [3.8, 4) is 0 Å². The first-order chi connectivity index (χ1) is 7.50. The van der Waals surface area contributed by atoms with Crippen molar-refractivity contribution < 1.29 is 8.60 Å². The molecule has 0 aromatic heterocycles. The molecule has 5 heteroatoms. The zero-order valence-corrected chi connectivity index (χ0v) is 10.9. The van der Waals surface area contributed by atoms with Gasteiger partial charge in [-0.25, -0.2) is 4.39 Å². The smallest absolute Gasteiger partial charge is 0.123 e. The largest absolute Gasteiger partial charge is 0.311 e. The van der Waals surface area contributed by atoms with Gasteiger partial charge in [0.25, 0.3) is 0 Å². The number of nitrogens with one attached hydrogen (secondary N) is 1. The Bertz CT molecular complexity index is 386. The van der Waals surface area contributed by atoms with Crippen molar-refractivity contribution in [2.24, 2.45) is 0 Å². The van der Waals surface area contributed by atoms with Crippen LogP contribution in [-0.2, 0) is 17.3 Å². The number of hydrogen-bond donors (Lipinski definition) is 1. The molecule has 0 heterocycles. The zero-order chi connectivity index (χ0) is 12.1. The van der Waals surface area contributed by atoms with Crippen molar-refractivity contribution in [1.29, 1.82) is 0 Å². The first-order valence-electron chi connectivity index (χ1n) is 4.97. The fourth-order valence-corrected chi connectivity index (χ4v) is 1.74. The third-order valence-corrected chi connectivity index (χ3v) is 3.99. The molecule has 1 rings (SSSR count). The van der Waals surface area contributed by atoms with Crippen LogP contribution in [0.15, 0.2) is 18.2 Å². The molecule has 0 saturated carbocycles. The maximum absolute atomic E-state index is 12.9. The summed E-state index contributed by atoms with van der Waals surface area (Å²) in [5.74, 6) is -0.298. The fourth-order valence-electron chi connectivity index (χ4n) is 1.21. The quantitative estimate of drug-likeness (QED) is 0.884. The minimum Gasteiger partial charge on any atom is -0.311 e. The Balaban J connectivity index is 2.48. The van der Waals surface area contributed by atoms with E-state index >= 15 is 0 Å². The van der Waals surface area contributed by atoms with Crippen LogP contribution in [0.3, 0.4) is 0 Å². The Labute approximate surface area is 103 Å².